The molecule has 4 aromatic carbocycles. The highest BCUT2D eigenvalue weighted by molar-refractivity contribution is 6.74. The van der Waals surface area contributed by atoms with Crippen molar-refractivity contribution in [1.82, 2.24) is 15.1 Å². The van der Waals surface area contributed by atoms with Gasteiger partial charge in [0, 0.05) is 25.9 Å². The summed E-state index contributed by atoms with van der Waals surface area (Å²) < 4.78 is 38.7. The number of methoxy groups -OCH3 is 3. The summed E-state index contributed by atoms with van der Waals surface area (Å²) in [4.78, 5) is 30.2. The number of amides is 3. The van der Waals surface area contributed by atoms with Crippen molar-refractivity contribution in [2.24, 2.45) is 0 Å². The van der Waals surface area contributed by atoms with Crippen molar-refractivity contribution >= 4 is 20.3 Å². The van der Waals surface area contributed by atoms with Crippen LogP contribution in [0, 0.1) is 0 Å². The van der Waals surface area contributed by atoms with Gasteiger partial charge >= 0.3 is 6.03 Å². The molecule has 1 saturated heterocycles. The van der Waals surface area contributed by atoms with Crippen LogP contribution in [0.1, 0.15) is 47.8 Å². The molecule has 1 N–H and O–H groups in total. The number of hydrogen-bond donors (Lipinski definition) is 1. The minimum Gasteiger partial charge on any atom is -0.497 e. The highest BCUT2D eigenvalue weighted by Crippen LogP contribution is 2.45. The highest BCUT2D eigenvalue weighted by atomic mass is 28.4. The van der Waals surface area contributed by atoms with E-state index in [-0.39, 0.29) is 23.6 Å². The second-order valence-electron chi connectivity index (χ2n) is 15.9. The second-order valence-corrected chi connectivity index (χ2v) is 20.6. The van der Waals surface area contributed by atoms with E-state index in [0.29, 0.717) is 17.1 Å². The van der Waals surface area contributed by atoms with E-state index in [1.54, 1.807) is 64.9 Å². The number of nitrogens with zero attached hydrogens (tertiary/aromatic N) is 2. The van der Waals surface area contributed by atoms with Crippen LogP contribution in [0.15, 0.2) is 121 Å². The predicted molar refractivity (Wildman–Crippen MR) is 222 cm³/mol. The van der Waals surface area contributed by atoms with Gasteiger partial charge in [0.25, 0.3) is 5.91 Å². The molecule has 0 aliphatic carbocycles. The number of carbonyl (C=O) groups is 2. The third kappa shape index (κ3) is 8.51. The number of benzene rings is 4. The molecule has 0 saturated carbocycles. The fraction of sp³-hybridized carbons (Fsp3) is 0.378. The monoisotopic (exact) mass is 793 g/mol. The molecule has 0 aromatic heterocycles. The van der Waals surface area contributed by atoms with E-state index < -0.39 is 44.6 Å². The predicted octanol–water partition coefficient (Wildman–Crippen LogP) is 7.78. The summed E-state index contributed by atoms with van der Waals surface area (Å²) in [6.45, 7) is 11.0. The third-order valence-corrected chi connectivity index (χ3v) is 15.9. The Morgan fingerprint density at radius 2 is 1.30 bits per heavy atom. The zero-order chi connectivity index (χ0) is 41.0. The van der Waals surface area contributed by atoms with Gasteiger partial charge in [0.05, 0.1) is 20.8 Å². The smallest absolute Gasteiger partial charge is 0.327 e. The van der Waals surface area contributed by atoms with Crippen molar-refractivity contribution in [3.8, 4) is 11.5 Å². The number of likely N-dealkylation sites (N-methyl/N-ethyl adjacent to an activating group) is 1. The van der Waals surface area contributed by atoms with Crippen LogP contribution in [0.25, 0.3) is 0 Å². The molecule has 0 bridgehead atoms. The van der Waals surface area contributed by atoms with Gasteiger partial charge in [-0.25, -0.2) is 4.79 Å². The van der Waals surface area contributed by atoms with Crippen molar-refractivity contribution in [1.29, 1.82) is 0 Å². The Morgan fingerprint density at radius 3 is 1.81 bits per heavy atom. The lowest BCUT2D eigenvalue weighted by atomic mass is 9.80. The van der Waals surface area contributed by atoms with Crippen molar-refractivity contribution in [2.75, 3.05) is 35.0 Å². The van der Waals surface area contributed by atoms with Crippen LogP contribution < -0.4 is 14.8 Å². The number of carbonyl (C=O) groups excluding carboxylic acids is 2. The first-order valence-corrected chi connectivity index (χ1v) is 22.1. The summed E-state index contributed by atoms with van der Waals surface area (Å²) in [5, 5.41) is 2.80. The Bertz CT molecular complexity index is 1940. The fourth-order valence-corrected chi connectivity index (χ4v) is 8.39. The standard InChI is InChI=1S/C45H55N3O8Si/c1-44(2,3)57(8,9)56-39-37(55-42(40(39)53-7)48-29-28-38(47(4)43(48)50)46-41(49)31-16-12-10-13-17-31)30-54-45(32-18-14-11-15-19-32,33-20-24-35(51-5)25-21-33)34-22-26-36(52-6)27-23-34/h10-29,37-40,42H,30H2,1-9H3,(H,46,49)/t37-,38+,39-,40-,42-/m1/s1. The Morgan fingerprint density at radius 1 is 0.772 bits per heavy atom. The van der Waals surface area contributed by atoms with E-state index in [0.717, 1.165) is 16.7 Å². The molecule has 6 rings (SSSR count). The molecule has 0 unspecified atom stereocenters. The van der Waals surface area contributed by atoms with Gasteiger partial charge in [-0.2, -0.15) is 0 Å². The van der Waals surface area contributed by atoms with Gasteiger partial charge in [-0.15, -0.1) is 0 Å². The molecule has 2 aliphatic rings. The highest BCUT2D eigenvalue weighted by Gasteiger charge is 2.54. The summed E-state index contributed by atoms with van der Waals surface area (Å²) in [5.74, 6) is 1.14. The lowest BCUT2D eigenvalue weighted by molar-refractivity contribution is -0.103. The number of hydrogen-bond acceptors (Lipinski definition) is 8. The Balaban J connectivity index is 1.39. The van der Waals surface area contributed by atoms with Crippen LogP contribution in [0.2, 0.25) is 18.1 Å². The molecule has 0 spiro atoms. The van der Waals surface area contributed by atoms with Gasteiger partial charge in [-0.1, -0.05) is 93.6 Å². The number of rotatable bonds is 14. The van der Waals surface area contributed by atoms with E-state index in [4.69, 9.17) is 28.1 Å². The quantitative estimate of drug-likeness (QED) is 0.102. The summed E-state index contributed by atoms with van der Waals surface area (Å²) in [7, 11) is 4.09. The average Bonchev–Trinajstić information content (AvgIpc) is 3.56. The van der Waals surface area contributed by atoms with Crippen molar-refractivity contribution < 1.29 is 37.7 Å². The van der Waals surface area contributed by atoms with Gasteiger partial charge in [0.2, 0.25) is 0 Å². The van der Waals surface area contributed by atoms with Gasteiger partial charge < -0.3 is 38.3 Å². The Hall–Kier alpha value is -4.98. The maximum atomic E-state index is 14.2. The molecule has 1 fully saturated rings. The number of nitrogens with one attached hydrogen (secondary N) is 1. The Kier molecular flexibility index (Phi) is 12.6. The lowest BCUT2D eigenvalue weighted by Gasteiger charge is -2.41. The van der Waals surface area contributed by atoms with E-state index >= 15 is 0 Å². The van der Waals surface area contributed by atoms with E-state index in [9.17, 15) is 9.59 Å². The van der Waals surface area contributed by atoms with E-state index in [1.807, 2.05) is 84.9 Å². The molecule has 11 nitrogen and oxygen atoms in total. The first-order chi connectivity index (χ1) is 27.2. The minimum absolute atomic E-state index is 0.0694. The van der Waals surface area contributed by atoms with Crippen molar-refractivity contribution in [2.45, 2.75) is 75.2 Å². The normalized spacial score (nSPS) is 21.4. The number of urea groups is 1. The second kappa shape index (κ2) is 17.2. The molecule has 3 amide bonds. The summed E-state index contributed by atoms with van der Waals surface area (Å²) in [5.41, 5.74) is 2.03. The van der Waals surface area contributed by atoms with Gasteiger partial charge in [-0.05, 0) is 77.3 Å². The molecular formula is C45H55N3O8Si. The molecule has 302 valence electrons. The SMILES string of the molecule is COc1ccc(C(OC[C@H]2O[C@@H](N3C=C[C@@H](NC(=O)c4ccccc4)N(C)C3=O)[C@H](OC)[C@@H]2O[Si](C)(C)C(C)(C)C)(c2ccccc2)c2ccc(OC)cc2)cc1. The largest absolute Gasteiger partial charge is 0.497 e. The number of ether oxygens (including phenoxy) is 5. The van der Waals surface area contributed by atoms with Crippen LogP contribution in [0.5, 0.6) is 11.5 Å². The van der Waals surface area contributed by atoms with E-state index in [2.05, 4.69) is 39.2 Å². The van der Waals surface area contributed by atoms with Crippen LogP contribution in [-0.2, 0) is 24.2 Å². The average molecular weight is 794 g/mol. The van der Waals surface area contributed by atoms with Crippen molar-refractivity contribution in [3.05, 3.63) is 144 Å². The maximum Gasteiger partial charge on any atom is 0.327 e. The summed E-state index contributed by atoms with van der Waals surface area (Å²) in [6, 6.07) is 34.3. The molecule has 57 heavy (non-hydrogen) atoms. The molecular weight excluding hydrogens is 739 g/mol. The summed E-state index contributed by atoms with van der Waals surface area (Å²) in [6.07, 6.45) is -0.0900. The van der Waals surface area contributed by atoms with Gasteiger partial charge in [0.1, 0.15) is 41.6 Å². The van der Waals surface area contributed by atoms with Gasteiger partial charge in [0.15, 0.2) is 14.5 Å². The third-order valence-electron chi connectivity index (χ3n) is 11.4. The minimum atomic E-state index is -2.45. The maximum absolute atomic E-state index is 14.2. The fourth-order valence-electron chi connectivity index (χ4n) is 7.07. The van der Waals surface area contributed by atoms with Crippen LogP contribution in [-0.4, -0.2) is 95.7 Å². The topological polar surface area (TPSA) is 108 Å². The van der Waals surface area contributed by atoms with Crippen LogP contribution in [0.3, 0.4) is 0 Å². The molecule has 5 atom stereocenters. The zero-order valence-corrected chi connectivity index (χ0v) is 35.3. The molecule has 4 aromatic rings. The molecule has 2 heterocycles. The Labute approximate surface area is 337 Å². The molecule has 2 aliphatic heterocycles. The first-order valence-electron chi connectivity index (χ1n) is 19.2. The van der Waals surface area contributed by atoms with Crippen LogP contribution in [0.4, 0.5) is 4.79 Å². The zero-order valence-electron chi connectivity index (χ0n) is 34.3. The summed E-state index contributed by atoms with van der Waals surface area (Å²) >= 11 is 0. The van der Waals surface area contributed by atoms with E-state index in [1.165, 1.54) is 9.80 Å². The first kappa shape index (κ1) is 41.6. The lowest BCUT2D eigenvalue weighted by Crippen LogP contribution is -2.58. The molecule has 12 heteroatoms. The molecule has 0 radical (unpaired) electrons. The van der Waals surface area contributed by atoms with Crippen molar-refractivity contribution in [3.63, 3.8) is 0 Å². The van der Waals surface area contributed by atoms with Gasteiger partial charge in [-0.3, -0.25) is 9.69 Å². The van der Waals surface area contributed by atoms with Crippen LogP contribution >= 0.6 is 0 Å².